The van der Waals surface area contributed by atoms with Gasteiger partial charge < -0.3 is 5.32 Å². The molecule has 20 heavy (non-hydrogen) atoms. The first-order chi connectivity index (χ1) is 9.67. The van der Waals surface area contributed by atoms with Gasteiger partial charge in [-0.2, -0.15) is 0 Å². The van der Waals surface area contributed by atoms with Crippen molar-refractivity contribution in [2.45, 2.75) is 71.3 Å². The zero-order chi connectivity index (χ0) is 14.8. The number of halogens is 2. The highest BCUT2D eigenvalue weighted by molar-refractivity contribution is 5.45. The van der Waals surface area contributed by atoms with Crippen LogP contribution in [0.25, 0.3) is 0 Å². The number of hydrogen-bond donors (Lipinski definition) is 1. The summed E-state index contributed by atoms with van der Waals surface area (Å²) >= 11 is 0. The molecule has 114 valence electrons. The third-order valence-corrected chi connectivity index (χ3v) is 3.60. The third-order valence-electron chi connectivity index (χ3n) is 3.60. The Morgan fingerprint density at radius 2 is 1.55 bits per heavy atom. The monoisotopic (exact) mass is 283 g/mol. The van der Waals surface area contributed by atoms with E-state index in [4.69, 9.17) is 0 Å². The van der Waals surface area contributed by atoms with Gasteiger partial charge >= 0.3 is 0 Å². The van der Waals surface area contributed by atoms with Crippen molar-refractivity contribution in [3.05, 3.63) is 29.8 Å². The SMILES string of the molecule is CCCCCC(CCCCC)Nc1ccc(F)cc1F. The van der Waals surface area contributed by atoms with Crippen molar-refractivity contribution in [2.24, 2.45) is 0 Å². The van der Waals surface area contributed by atoms with Crippen molar-refractivity contribution in [3.63, 3.8) is 0 Å². The van der Waals surface area contributed by atoms with E-state index in [1.807, 2.05) is 0 Å². The van der Waals surface area contributed by atoms with Gasteiger partial charge in [0, 0.05) is 12.1 Å². The third kappa shape index (κ3) is 6.36. The molecule has 0 bridgehead atoms. The van der Waals surface area contributed by atoms with E-state index in [2.05, 4.69) is 19.2 Å². The molecular formula is C17H27F2N. The van der Waals surface area contributed by atoms with Crippen molar-refractivity contribution in [2.75, 3.05) is 5.32 Å². The summed E-state index contributed by atoms with van der Waals surface area (Å²) in [5, 5.41) is 3.25. The molecule has 0 heterocycles. The van der Waals surface area contributed by atoms with Crippen LogP contribution in [0.1, 0.15) is 65.2 Å². The minimum absolute atomic E-state index is 0.285. The molecule has 0 amide bonds. The van der Waals surface area contributed by atoms with Gasteiger partial charge in [-0.25, -0.2) is 8.78 Å². The summed E-state index contributed by atoms with van der Waals surface area (Å²) in [6.07, 6.45) is 9.20. The molecule has 0 spiro atoms. The van der Waals surface area contributed by atoms with Gasteiger partial charge in [-0.05, 0) is 25.0 Å². The predicted molar refractivity (Wildman–Crippen MR) is 82.1 cm³/mol. The molecule has 1 N–H and O–H groups in total. The summed E-state index contributed by atoms with van der Waals surface area (Å²) in [4.78, 5) is 0. The molecule has 0 aliphatic carbocycles. The van der Waals surface area contributed by atoms with E-state index in [1.54, 1.807) is 0 Å². The largest absolute Gasteiger partial charge is 0.380 e. The highest BCUT2D eigenvalue weighted by Crippen LogP contribution is 2.20. The molecule has 1 aromatic carbocycles. The standard InChI is InChI=1S/C17H27F2N/c1-3-5-7-9-15(10-8-6-4-2)20-17-12-11-14(18)13-16(17)19/h11-13,15,20H,3-10H2,1-2H3. The Balaban J connectivity index is 2.56. The molecular weight excluding hydrogens is 256 g/mol. The highest BCUT2D eigenvalue weighted by atomic mass is 19.1. The minimum Gasteiger partial charge on any atom is -0.380 e. The van der Waals surface area contributed by atoms with E-state index in [9.17, 15) is 8.78 Å². The Hall–Kier alpha value is -1.12. The van der Waals surface area contributed by atoms with Gasteiger partial charge in [-0.15, -0.1) is 0 Å². The van der Waals surface area contributed by atoms with Crippen LogP contribution in [0.2, 0.25) is 0 Å². The Bertz CT molecular complexity index is 369. The van der Waals surface area contributed by atoms with Crippen molar-refractivity contribution < 1.29 is 8.78 Å². The fraction of sp³-hybridized carbons (Fsp3) is 0.647. The zero-order valence-corrected chi connectivity index (χ0v) is 12.7. The summed E-state index contributed by atoms with van der Waals surface area (Å²) in [6.45, 7) is 4.36. The van der Waals surface area contributed by atoms with E-state index >= 15 is 0 Å². The molecule has 1 nitrogen and oxygen atoms in total. The molecule has 0 aliphatic heterocycles. The molecule has 0 saturated carbocycles. The Morgan fingerprint density at radius 3 is 2.05 bits per heavy atom. The minimum atomic E-state index is -0.526. The maximum atomic E-state index is 13.7. The fourth-order valence-electron chi connectivity index (χ4n) is 2.40. The van der Waals surface area contributed by atoms with Gasteiger partial charge in [0.05, 0.1) is 5.69 Å². The van der Waals surface area contributed by atoms with Crippen LogP contribution >= 0.6 is 0 Å². The maximum Gasteiger partial charge on any atom is 0.149 e. The van der Waals surface area contributed by atoms with Crippen LogP contribution in [0.3, 0.4) is 0 Å². The Kier molecular flexibility index (Phi) is 8.24. The number of anilines is 1. The molecule has 0 fully saturated rings. The normalized spacial score (nSPS) is 11.1. The smallest absolute Gasteiger partial charge is 0.149 e. The first-order valence-electron chi connectivity index (χ1n) is 7.89. The van der Waals surface area contributed by atoms with Gasteiger partial charge in [0.25, 0.3) is 0 Å². The average molecular weight is 283 g/mol. The van der Waals surface area contributed by atoms with Crippen molar-refractivity contribution in [1.82, 2.24) is 0 Å². The van der Waals surface area contributed by atoms with Crippen molar-refractivity contribution in [1.29, 1.82) is 0 Å². The molecule has 3 heteroatoms. The lowest BCUT2D eigenvalue weighted by molar-refractivity contribution is 0.521. The second-order valence-electron chi connectivity index (χ2n) is 5.46. The van der Waals surface area contributed by atoms with Crippen LogP contribution in [0.5, 0.6) is 0 Å². The van der Waals surface area contributed by atoms with Crippen LogP contribution in [-0.2, 0) is 0 Å². The summed E-state index contributed by atoms with van der Waals surface area (Å²) in [6, 6.07) is 4.03. The van der Waals surface area contributed by atoms with E-state index in [0.717, 1.165) is 31.7 Å². The lowest BCUT2D eigenvalue weighted by Gasteiger charge is -2.20. The first-order valence-corrected chi connectivity index (χ1v) is 7.89. The van der Waals surface area contributed by atoms with E-state index in [0.29, 0.717) is 5.69 Å². The summed E-state index contributed by atoms with van der Waals surface area (Å²) in [5.41, 5.74) is 0.421. The Labute approximate surface area is 121 Å². The number of nitrogens with one attached hydrogen (secondary N) is 1. The summed E-state index contributed by atoms with van der Waals surface area (Å²) in [7, 11) is 0. The lowest BCUT2D eigenvalue weighted by Crippen LogP contribution is -2.20. The van der Waals surface area contributed by atoms with Crippen LogP contribution in [0.4, 0.5) is 14.5 Å². The van der Waals surface area contributed by atoms with Crippen LogP contribution in [-0.4, -0.2) is 6.04 Å². The van der Waals surface area contributed by atoms with E-state index < -0.39 is 11.6 Å². The van der Waals surface area contributed by atoms with Gasteiger partial charge in [0.15, 0.2) is 0 Å². The quantitative estimate of drug-likeness (QED) is 0.527. The Morgan fingerprint density at radius 1 is 0.950 bits per heavy atom. The maximum absolute atomic E-state index is 13.7. The summed E-state index contributed by atoms with van der Waals surface area (Å²) < 4.78 is 26.6. The molecule has 0 aliphatic rings. The molecule has 1 aromatic rings. The van der Waals surface area contributed by atoms with Gasteiger partial charge in [0.2, 0.25) is 0 Å². The highest BCUT2D eigenvalue weighted by Gasteiger charge is 2.11. The van der Waals surface area contributed by atoms with Gasteiger partial charge in [-0.1, -0.05) is 52.4 Å². The molecule has 0 radical (unpaired) electrons. The number of hydrogen-bond acceptors (Lipinski definition) is 1. The van der Waals surface area contributed by atoms with Gasteiger partial charge in [-0.3, -0.25) is 0 Å². The second kappa shape index (κ2) is 9.73. The van der Waals surface area contributed by atoms with Crippen molar-refractivity contribution >= 4 is 5.69 Å². The summed E-state index contributed by atoms with van der Waals surface area (Å²) in [5.74, 6) is -1.03. The number of unbranched alkanes of at least 4 members (excludes halogenated alkanes) is 4. The van der Waals surface area contributed by atoms with Crippen LogP contribution in [0.15, 0.2) is 18.2 Å². The fourth-order valence-corrected chi connectivity index (χ4v) is 2.40. The lowest BCUT2D eigenvalue weighted by atomic mass is 10.0. The molecule has 1 rings (SSSR count). The van der Waals surface area contributed by atoms with Crippen LogP contribution in [0, 0.1) is 11.6 Å². The average Bonchev–Trinajstić information content (AvgIpc) is 2.42. The molecule has 0 unspecified atom stereocenters. The number of rotatable bonds is 10. The molecule has 0 aromatic heterocycles. The van der Waals surface area contributed by atoms with Gasteiger partial charge in [0.1, 0.15) is 11.6 Å². The second-order valence-corrected chi connectivity index (χ2v) is 5.46. The van der Waals surface area contributed by atoms with Crippen molar-refractivity contribution in [3.8, 4) is 0 Å². The topological polar surface area (TPSA) is 12.0 Å². The van der Waals surface area contributed by atoms with Crippen LogP contribution < -0.4 is 5.32 Å². The zero-order valence-electron chi connectivity index (χ0n) is 12.7. The molecule has 0 atom stereocenters. The van der Waals surface area contributed by atoms with E-state index in [-0.39, 0.29) is 6.04 Å². The predicted octanol–water partition coefficient (Wildman–Crippen LogP) is 5.91. The first kappa shape index (κ1) is 16.9. The number of benzene rings is 1. The van der Waals surface area contributed by atoms with E-state index in [1.165, 1.54) is 37.8 Å². The molecule has 0 saturated heterocycles.